The van der Waals surface area contributed by atoms with E-state index in [1.165, 1.54) is 6.92 Å². The molecule has 0 radical (unpaired) electrons. The molecule has 4 nitrogen and oxygen atoms in total. The highest BCUT2D eigenvalue weighted by atomic mass is 32.1. The van der Waals surface area contributed by atoms with Gasteiger partial charge in [-0.3, -0.25) is 4.79 Å². The maximum Gasteiger partial charge on any atom is 0.216 e. The Bertz CT molecular complexity index is 432. The average molecular weight is 251 g/mol. The molecule has 4 N–H and O–H groups in total. The molecule has 0 atom stereocenters. The van der Waals surface area contributed by atoms with Crippen LogP contribution in [-0.4, -0.2) is 24.0 Å². The van der Waals surface area contributed by atoms with E-state index in [0.717, 1.165) is 16.8 Å². The van der Waals surface area contributed by atoms with Crippen LogP contribution in [0.15, 0.2) is 18.2 Å². The number of nitrogens with one attached hydrogen (secondary N) is 2. The van der Waals surface area contributed by atoms with Crippen LogP contribution < -0.4 is 16.4 Å². The van der Waals surface area contributed by atoms with E-state index < -0.39 is 0 Å². The maximum atomic E-state index is 10.7. The molecular formula is C12H17N3OS. The van der Waals surface area contributed by atoms with Crippen LogP contribution in [0.5, 0.6) is 0 Å². The molecule has 17 heavy (non-hydrogen) atoms. The molecule has 0 aliphatic heterocycles. The van der Waals surface area contributed by atoms with Gasteiger partial charge in [-0.15, -0.1) is 0 Å². The topological polar surface area (TPSA) is 67.2 Å². The van der Waals surface area contributed by atoms with Crippen molar-refractivity contribution in [1.29, 1.82) is 0 Å². The lowest BCUT2D eigenvalue weighted by atomic mass is 10.1. The first-order valence-electron chi connectivity index (χ1n) is 5.39. The predicted octanol–water partition coefficient (Wildman–Crippen LogP) is 1.18. The van der Waals surface area contributed by atoms with Crippen LogP contribution in [0.1, 0.15) is 18.1 Å². The van der Waals surface area contributed by atoms with Crippen molar-refractivity contribution in [2.45, 2.75) is 13.8 Å². The Morgan fingerprint density at radius 1 is 1.41 bits per heavy atom. The van der Waals surface area contributed by atoms with Gasteiger partial charge in [0.25, 0.3) is 0 Å². The Morgan fingerprint density at radius 3 is 2.71 bits per heavy atom. The largest absolute Gasteiger partial charge is 0.389 e. The molecule has 0 saturated heterocycles. The van der Waals surface area contributed by atoms with Crippen LogP contribution >= 0.6 is 12.2 Å². The van der Waals surface area contributed by atoms with Crippen molar-refractivity contribution in [3.05, 3.63) is 29.3 Å². The van der Waals surface area contributed by atoms with E-state index in [1.807, 2.05) is 25.1 Å². The van der Waals surface area contributed by atoms with Gasteiger partial charge in [0.1, 0.15) is 4.99 Å². The van der Waals surface area contributed by atoms with Gasteiger partial charge in [-0.2, -0.15) is 0 Å². The molecule has 5 heteroatoms. The van der Waals surface area contributed by atoms with Crippen molar-refractivity contribution in [1.82, 2.24) is 5.32 Å². The Balaban J connectivity index is 2.64. The van der Waals surface area contributed by atoms with Gasteiger partial charge in [0.05, 0.1) is 0 Å². The molecule has 92 valence electrons. The second-order valence-electron chi connectivity index (χ2n) is 3.82. The van der Waals surface area contributed by atoms with Crippen LogP contribution in [0.4, 0.5) is 5.69 Å². The number of thiocarbonyl (C=S) groups is 1. The quantitative estimate of drug-likeness (QED) is 0.543. The molecule has 0 aliphatic rings. The Hall–Kier alpha value is -1.62. The fraction of sp³-hybridized carbons (Fsp3) is 0.333. The van der Waals surface area contributed by atoms with Gasteiger partial charge in [-0.1, -0.05) is 23.8 Å². The summed E-state index contributed by atoms with van der Waals surface area (Å²) in [6.45, 7) is 4.69. The molecule has 1 amide bonds. The van der Waals surface area contributed by atoms with Crippen molar-refractivity contribution in [3.8, 4) is 0 Å². The van der Waals surface area contributed by atoms with Crippen molar-refractivity contribution in [2.75, 3.05) is 18.4 Å². The number of carbonyl (C=O) groups is 1. The van der Waals surface area contributed by atoms with Gasteiger partial charge < -0.3 is 16.4 Å². The molecule has 0 spiro atoms. The zero-order chi connectivity index (χ0) is 12.8. The van der Waals surface area contributed by atoms with E-state index in [9.17, 15) is 4.79 Å². The normalized spacial score (nSPS) is 9.76. The van der Waals surface area contributed by atoms with Crippen molar-refractivity contribution in [3.63, 3.8) is 0 Å². The molecule has 0 heterocycles. The first-order chi connectivity index (χ1) is 8.00. The Labute approximate surface area is 107 Å². The molecule has 0 unspecified atom stereocenters. The third-order valence-electron chi connectivity index (χ3n) is 2.25. The van der Waals surface area contributed by atoms with Gasteiger partial charge in [-0.25, -0.2) is 0 Å². The van der Waals surface area contributed by atoms with Gasteiger partial charge >= 0.3 is 0 Å². The standard InChI is InChI=1S/C12H17N3OS/c1-8-3-4-11(10(7-8)12(13)17)15-6-5-14-9(2)16/h3-4,7,15H,5-6H2,1-2H3,(H2,13,17)(H,14,16). The summed E-state index contributed by atoms with van der Waals surface area (Å²) in [5, 5.41) is 5.91. The number of carbonyl (C=O) groups excluding carboxylic acids is 1. The fourth-order valence-corrected chi connectivity index (χ4v) is 1.62. The van der Waals surface area contributed by atoms with Crippen molar-refractivity contribution >= 4 is 28.8 Å². The second kappa shape index (κ2) is 6.20. The summed E-state index contributed by atoms with van der Waals surface area (Å²) in [6, 6.07) is 5.88. The minimum Gasteiger partial charge on any atom is -0.389 e. The molecule has 1 aromatic rings. The highest BCUT2D eigenvalue weighted by molar-refractivity contribution is 7.80. The van der Waals surface area contributed by atoms with E-state index in [1.54, 1.807) is 0 Å². The summed E-state index contributed by atoms with van der Waals surface area (Å²) in [6.07, 6.45) is 0. The van der Waals surface area contributed by atoms with Crippen LogP contribution in [-0.2, 0) is 4.79 Å². The van der Waals surface area contributed by atoms with E-state index in [4.69, 9.17) is 18.0 Å². The number of benzene rings is 1. The molecule has 1 aromatic carbocycles. The summed E-state index contributed by atoms with van der Waals surface area (Å²) >= 11 is 5.00. The maximum absolute atomic E-state index is 10.7. The van der Waals surface area contributed by atoms with E-state index in [0.29, 0.717) is 18.1 Å². The van der Waals surface area contributed by atoms with E-state index in [2.05, 4.69) is 10.6 Å². The Morgan fingerprint density at radius 2 is 2.12 bits per heavy atom. The smallest absolute Gasteiger partial charge is 0.216 e. The lowest BCUT2D eigenvalue weighted by Crippen LogP contribution is -2.26. The first-order valence-corrected chi connectivity index (χ1v) is 5.80. The number of hydrogen-bond donors (Lipinski definition) is 3. The molecule has 0 bridgehead atoms. The molecule has 0 aliphatic carbocycles. The summed E-state index contributed by atoms with van der Waals surface area (Å²) in [7, 11) is 0. The minimum absolute atomic E-state index is 0.0368. The van der Waals surface area contributed by atoms with E-state index >= 15 is 0 Å². The number of amides is 1. The summed E-state index contributed by atoms with van der Waals surface area (Å²) in [5.41, 5.74) is 8.50. The zero-order valence-corrected chi connectivity index (χ0v) is 10.9. The molecule has 1 rings (SSSR count). The van der Waals surface area contributed by atoms with E-state index in [-0.39, 0.29) is 5.91 Å². The summed E-state index contributed by atoms with van der Waals surface area (Å²) in [4.78, 5) is 11.1. The number of anilines is 1. The highest BCUT2D eigenvalue weighted by Gasteiger charge is 2.04. The molecule has 0 aromatic heterocycles. The Kier molecular flexibility index (Phi) is 4.90. The second-order valence-corrected chi connectivity index (χ2v) is 4.26. The lowest BCUT2D eigenvalue weighted by Gasteiger charge is -2.12. The highest BCUT2D eigenvalue weighted by Crippen LogP contribution is 2.16. The van der Waals surface area contributed by atoms with Gasteiger partial charge in [0.2, 0.25) is 5.91 Å². The molecular weight excluding hydrogens is 234 g/mol. The van der Waals surface area contributed by atoms with Crippen molar-refractivity contribution in [2.24, 2.45) is 5.73 Å². The number of nitrogens with two attached hydrogens (primary N) is 1. The monoisotopic (exact) mass is 251 g/mol. The number of aryl methyl sites for hydroxylation is 1. The number of rotatable bonds is 5. The fourth-order valence-electron chi connectivity index (χ4n) is 1.45. The average Bonchev–Trinajstić information content (AvgIpc) is 2.25. The SMILES string of the molecule is CC(=O)NCCNc1ccc(C)cc1C(N)=S. The van der Waals surface area contributed by atoms with Crippen molar-refractivity contribution < 1.29 is 4.79 Å². The summed E-state index contributed by atoms with van der Waals surface area (Å²) < 4.78 is 0. The van der Waals surface area contributed by atoms with Crippen LogP contribution in [0.3, 0.4) is 0 Å². The van der Waals surface area contributed by atoms with Gasteiger partial charge in [0, 0.05) is 31.3 Å². The summed E-state index contributed by atoms with van der Waals surface area (Å²) in [5.74, 6) is -0.0368. The first kappa shape index (κ1) is 13.4. The number of hydrogen-bond acceptors (Lipinski definition) is 3. The zero-order valence-electron chi connectivity index (χ0n) is 10.0. The van der Waals surface area contributed by atoms with Crippen LogP contribution in [0, 0.1) is 6.92 Å². The lowest BCUT2D eigenvalue weighted by molar-refractivity contribution is -0.118. The van der Waals surface area contributed by atoms with Gasteiger partial charge in [-0.05, 0) is 19.1 Å². The van der Waals surface area contributed by atoms with Crippen LogP contribution in [0.25, 0.3) is 0 Å². The minimum atomic E-state index is -0.0368. The third kappa shape index (κ3) is 4.40. The molecule has 0 fully saturated rings. The van der Waals surface area contributed by atoms with Gasteiger partial charge in [0.15, 0.2) is 0 Å². The van der Waals surface area contributed by atoms with Crippen LogP contribution in [0.2, 0.25) is 0 Å². The third-order valence-corrected chi connectivity index (χ3v) is 2.47. The predicted molar refractivity (Wildman–Crippen MR) is 74.2 cm³/mol. The molecule has 0 saturated carbocycles.